The van der Waals surface area contributed by atoms with Crippen LogP contribution in [0, 0.1) is 5.41 Å². The summed E-state index contributed by atoms with van der Waals surface area (Å²) in [5.41, 5.74) is 2.80. The van der Waals surface area contributed by atoms with Crippen molar-refractivity contribution in [3.05, 3.63) is 47.5 Å². The minimum Gasteiger partial charge on any atom is -0.0745 e. The van der Waals surface area contributed by atoms with E-state index < -0.39 is 0 Å². The average molecular weight is 228 g/mol. The molecule has 0 aromatic heterocycles. The van der Waals surface area contributed by atoms with E-state index in [1.54, 1.807) is 0 Å². The summed E-state index contributed by atoms with van der Waals surface area (Å²) in [6.07, 6.45) is 11.5. The molecule has 1 aromatic rings. The zero-order valence-electron chi connectivity index (χ0n) is 11.5. The summed E-state index contributed by atoms with van der Waals surface area (Å²) in [6.45, 7) is 8.79. The van der Waals surface area contributed by atoms with Gasteiger partial charge in [0.2, 0.25) is 0 Å². The third-order valence-electron chi connectivity index (χ3n) is 2.88. The van der Waals surface area contributed by atoms with Crippen LogP contribution in [0.2, 0.25) is 0 Å². The summed E-state index contributed by atoms with van der Waals surface area (Å²) >= 11 is 0. The summed E-state index contributed by atoms with van der Waals surface area (Å²) < 4.78 is 0. The fraction of sp³-hybridized carbons (Fsp3) is 0.412. The van der Waals surface area contributed by atoms with Crippen LogP contribution in [0.3, 0.4) is 0 Å². The zero-order valence-corrected chi connectivity index (χ0v) is 11.5. The van der Waals surface area contributed by atoms with Crippen LogP contribution in [0.25, 0.3) is 12.2 Å². The van der Waals surface area contributed by atoms with E-state index in [1.807, 2.05) is 0 Å². The number of rotatable bonds is 1. The molecule has 0 heterocycles. The maximum absolute atomic E-state index is 2.25. The van der Waals surface area contributed by atoms with E-state index in [1.165, 1.54) is 24.0 Å². The maximum Gasteiger partial charge on any atom is 0.00111 e. The van der Waals surface area contributed by atoms with Gasteiger partial charge < -0.3 is 0 Å². The molecule has 1 aromatic carbocycles. The Morgan fingerprint density at radius 1 is 0.824 bits per heavy atom. The molecule has 0 N–H and O–H groups in total. The molecular formula is C17H24. The second kappa shape index (κ2) is 6.44. The summed E-state index contributed by atoms with van der Waals surface area (Å²) in [4.78, 5) is 0. The third kappa shape index (κ3) is 4.60. The Labute approximate surface area is 106 Å². The fourth-order valence-corrected chi connectivity index (χ4v) is 1.48. The standard InChI is InChI=1S/C13H14.C4H10/c1-13(2)9-7-11-5-3-4-6-12(11)8-10-13;1-3-4-2/h3-10H,1-2H3;3-4H2,1-2H3. The van der Waals surface area contributed by atoms with Gasteiger partial charge in [-0.3, -0.25) is 0 Å². The molecule has 0 bridgehead atoms. The van der Waals surface area contributed by atoms with Gasteiger partial charge in [0.25, 0.3) is 0 Å². The predicted octanol–water partition coefficient (Wildman–Crippen LogP) is 5.56. The number of hydrogen-bond acceptors (Lipinski definition) is 0. The molecule has 1 aliphatic rings. The second-order valence-electron chi connectivity index (χ2n) is 5.12. The summed E-state index contributed by atoms with van der Waals surface area (Å²) in [5, 5.41) is 0. The van der Waals surface area contributed by atoms with Gasteiger partial charge in [-0.2, -0.15) is 0 Å². The van der Waals surface area contributed by atoms with Crippen LogP contribution in [-0.2, 0) is 0 Å². The van der Waals surface area contributed by atoms with Gasteiger partial charge >= 0.3 is 0 Å². The van der Waals surface area contributed by atoms with Crippen LogP contribution in [0.5, 0.6) is 0 Å². The molecule has 0 unspecified atom stereocenters. The van der Waals surface area contributed by atoms with E-state index >= 15 is 0 Å². The number of fused-ring (bicyclic) bond motifs is 1. The Morgan fingerprint density at radius 3 is 1.59 bits per heavy atom. The van der Waals surface area contributed by atoms with Gasteiger partial charge in [-0.25, -0.2) is 0 Å². The van der Waals surface area contributed by atoms with Gasteiger partial charge in [-0.15, -0.1) is 0 Å². The highest BCUT2D eigenvalue weighted by Gasteiger charge is 2.11. The first-order valence-electron chi connectivity index (χ1n) is 6.56. The first-order valence-corrected chi connectivity index (χ1v) is 6.56. The van der Waals surface area contributed by atoms with Gasteiger partial charge in [0.1, 0.15) is 0 Å². The number of allylic oxidation sites excluding steroid dienone is 2. The maximum atomic E-state index is 2.25. The minimum atomic E-state index is 0.180. The van der Waals surface area contributed by atoms with Crippen molar-refractivity contribution >= 4 is 12.2 Å². The molecule has 0 saturated heterocycles. The molecule has 0 nitrogen and oxygen atoms in total. The van der Waals surface area contributed by atoms with Crippen molar-refractivity contribution in [3.63, 3.8) is 0 Å². The normalized spacial score (nSPS) is 15.5. The lowest BCUT2D eigenvalue weighted by atomic mass is 9.93. The van der Waals surface area contributed by atoms with E-state index in [9.17, 15) is 0 Å². The highest BCUT2D eigenvalue weighted by Crippen LogP contribution is 2.27. The SMILES string of the molecule is CC1(C)C=Cc2ccccc2C=C1.CCCC. The average Bonchev–Trinajstić information content (AvgIpc) is 2.50. The van der Waals surface area contributed by atoms with Crippen molar-refractivity contribution < 1.29 is 0 Å². The number of benzene rings is 1. The highest BCUT2D eigenvalue weighted by molar-refractivity contribution is 5.68. The quantitative estimate of drug-likeness (QED) is 0.590. The molecular weight excluding hydrogens is 204 g/mol. The largest absolute Gasteiger partial charge is 0.0745 e. The van der Waals surface area contributed by atoms with Crippen molar-refractivity contribution in [2.24, 2.45) is 5.41 Å². The van der Waals surface area contributed by atoms with Gasteiger partial charge in [0, 0.05) is 5.41 Å². The zero-order chi connectivity index (χ0) is 12.7. The highest BCUT2D eigenvalue weighted by atomic mass is 14.2. The lowest BCUT2D eigenvalue weighted by Crippen LogP contribution is -1.99. The first kappa shape index (κ1) is 13.8. The van der Waals surface area contributed by atoms with Crippen LogP contribution >= 0.6 is 0 Å². The third-order valence-corrected chi connectivity index (χ3v) is 2.88. The summed E-state index contributed by atoms with van der Waals surface area (Å²) in [5.74, 6) is 0. The molecule has 2 rings (SSSR count). The molecule has 0 fully saturated rings. The molecule has 0 atom stereocenters. The second-order valence-corrected chi connectivity index (χ2v) is 5.12. The summed E-state index contributed by atoms with van der Waals surface area (Å²) in [7, 11) is 0. The van der Waals surface area contributed by atoms with Crippen LogP contribution in [0.4, 0.5) is 0 Å². The fourth-order valence-electron chi connectivity index (χ4n) is 1.48. The Balaban J connectivity index is 0.000000317. The molecule has 92 valence electrons. The molecule has 0 saturated carbocycles. The molecule has 0 amide bonds. The Morgan fingerprint density at radius 2 is 1.24 bits per heavy atom. The first-order chi connectivity index (χ1) is 8.09. The van der Waals surface area contributed by atoms with Crippen molar-refractivity contribution in [1.29, 1.82) is 0 Å². The smallest absolute Gasteiger partial charge is 0.00111 e. The molecule has 0 aliphatic heterocycles. The molecule has 17 heavy (non-hydrogen) atoms. The van der Waals surface area contributed by atoms with Crippen LogP contribution in [0.1, 0.15) is 51.7 Å². The summed E-state index contributed by atoms with van der Waals surface area (Å²) in [6, 6.07) is 8.46. The number of hydrogen-bond donors (Lipinski definition) is 0. The van der Waals surface area contributed by atoms with Gasteiger partial charge in [0.15, 0.2) is 0 Å². The number of unbranched alkanes of at least 4 members (excludes halogenated alkanes) is 1. The molecule has 0 spiro atoms. The van der Waals surface area contributed by atoms with Gasteiger partial charge in [0.05, 0.1) is 0 Å². The van der Waals surface area contributed by atoms with Crippen LogP contribution in [0.15, 0.2) is 36.4 Å². The van der Waals surface area contributed by atoms with Crippen molar-refractivity contribution in [2.75, 3.05) is 0 Å². The Kier molecular flexibility index (Phi) is 5.21. The van der Waals surface area contributed by atoms with E-state index in [0.717, 1.165) is 0 Å². The van der Waals surface area contributed by atoms with E-state index in [-0.39, 0.29) is 5.41 Å². The van der Waals surface area contributed by atoms with Crippen LogP contribution < -0.4 is 0 Å². The topological polar surface area (TPSA) is 0 Å². The van der Waals surface area contributed by atoms with E-state index in [0.29, 0.717) is 0 Å². The Hall–Kier alpha value is -1.30. The van der Waals surface area contributed by atoms with E-state index in [4.69, 9.17) is 0 Å². The van der Waals surface area contributed by atoms with E-state index in [2.05, 4.69) is 76.3 Å². The monoisotopic (exact) mass is 228 g/mol. The lowest BCUT2D eigenvalue weighted by molar-refractivity contribution is 0.633. The molecule has 0 radical (unpaired) electrons. The molecule has 0 heteroatoms. The predicted molar refractivity (Wildman–Crippen MR) is 78.9 cm³/mol. The molecule has 1 aliphatic carbocycles. The lowest BCUT2D eigenvalue weighted by Gasteiger charge is -2.11. The van der Waals surface area contributed by atoms with Crippen LogP contribution in [-0.4, -0.2) is 0 Å². The van der Waals surface area contributed by atoms with Crippen molar-refractivity contribution in [2.45, 2.75) is 40.5 Å². The van der Waals surface area contributed by atoms with Gasteiger partial charge in [-0.05, 0) is 11.1 Å². The van der Waals surface area contributed by atoms with Crippen molar-refractivity contribution in [3.8, 4) is 0 Å². The van der Waals surface area contributed by atoms with Crippen molar-refractivity contribution in [1.82, 2.24) is 0 Å². The Bertz CT molecular complexity index is 357. The van der Waals surface area contributed by atoms with Gasteiger partial charge in [-0.1, -0.05) is 89.1 Å². The minimum absolute atomic E-state index is 0.180.